The zero-order chi connectivity index (χ0) is 16.7. The molecule has 0 aliphatic carbocycles. The first-order valence-corrected chi connectivity index (χ1v) is 9.86. The van der Waals surface area contributed by atoms with Gasteiger partial charge in [0.05, 0.1) is 11.4 Å². The molecule has 0 unspecified atom stereocenters. The van der Waals surface area contributed by atoms with Crippen LogP contribution >= 0.6 is 39.5 Å². The zero-order valence-corrected chi connectivity index (χ0v) is 15.7. The minimum atomic E-state index is -0.192. The largest absolute Gasteiger partial charge is 0.325 e. The highest BCUT2D eigenvalue weighted by Crippen LogP contribution is 2.16. The van der Waals surface area contributed by atoms with Crippen molar-refractivity contribution in [2.24, 2.45) is 0 Å². The van der Waals surface area contributed by atoms with Crippen LogP contribution in [-0.2, 0) is 10.5 Å². The van der Waals surface area contributed by atoms with Crippen molar-refractivity contribution in [1.82, 2.24) is 9.97 Å². The number of thioether (sulfide) groups is 2. The van der Waals surface area contributed by atoms with Gasteiger partial charge in [-0.1, -0.05) is 34.6 Å². The van der Waals surface area contributed by atoms with Gasteiger partial charge in [-0.15, -0.1) is 0 Å². The van der Waals surface area contributed by atoms with Gasteiger partial charge in [0.15, 0.2) is 5.16 Å². The first kappa shape index (κ1) is 18.1. The summed E-state index contributed by atoms with van der Waals surface area (Å²) in [7, 11) is 0. The zero-order valence-electron chi connectivity index (χ0n) is 12.5. The van der Waals surface area contributed by atoms with Crippen LogP contribution in [-0.4, -0.2) is 27.4 Å². The molecule has 2 aromatic rings. The highest BCUT2D eigenvalue weighted by Gasteiger charge is 2.07. The van der Waals surface area contributed by atoms with Crippen molar-refractivity contribution in [3.05, 3.63) is 50.9 Å². The molecule has 2 N–H and O–H groups in total. The van der Waals surface area contributed by atoms with E-state index in [9.17, 15) is 9.59 Å². The Hall–Kier alpha value is -1.25. The summed E-state index contributed by atoms with van der Waals surface area (Å²) in [4.78, 5) is 30.6. The SMILES string of the molecule is CCSCc1cc(=O)[nH]c(SCC(=O)Nc2ccc(Br)cc2)n1. The van der Waals surface area contributed by atoms with Gasteiger partial charge >= 0.3 is 0 Å². The maximum Gasteiger partial charge on any atom is 0.251 e. The summed E-state index contributed by atoms with van der Waals surface area (Å²) in [5, 5.41) is 3.27. The van der Waals surface area contributed by atoms with Crippen molar-refractivity contribution >= 4 is 51.0 Å². The average molecular weight is 414 g/mol. The highest BCUT2D eigenvalue weighted by molar-refractivity contribution is 9.10. The fraction of sp³-hybridized carbons (Fsp3) is 0.267. The highest BCUT2D eigenvalue weighted by atomic mass is 79.9. The monoisotopic (exact) mass is 413 g/mol. The Balaban J connectivity index is 1.91. The second kappa shape index (κ2) is 9.14. The number of carbonyl (C=O) groups is 1. The Morgan fingerprint density at radius 2 is 2.09 bits per heavy atom. The number of halogens is 1. The summed E-state index contributed by atoms with van der Waals surface area (Å²) in [6, 6.07) is 8.84. The molecule has 1 aromatic carbocycles. The Labute approximate surface area is 151 Å². The molecule has 0 saturated heterocycles. The van der Waals surface area contributed by atoms with Crippen molar-refractivity contribution in [1.29, 1.82) is 0 Å². The van der Waals surface area contributed by atoms with Crippen LogP contribution < -0.4 is 10.9 Å². The molecule has 0 bridgehead atoms. The second-order valence-electron chi connectivity index (χ2n) is 4.52. The van der Waals surface area contributed by atoms with E-state index in [1.54, 1.807) is 11.8 Å². The number of H-pyrrole nitrogens is 1. The normalized spacial score (nSPS) is 10.5. The maximum absolute atomic E-state index is 11.9. The lowest BCUT2D eigenvalue weighted by molar-refractivity contribution is -0.113. The second-order valence-corrected chi connectivity index (χ2v) is 7.68. The standard InChI is InChI=1S/C15H16BrN3O2S2/c1-2-22-8-12-7-13(20)19-15(18-12)23-9-14(21)17-11-5-3-10(16)4-6-11/h3-7H,2,8-9H2,1H3,(H,17,21)(H,18,19,20). The van der Waals surface area contributed by atoms with Gasteiger partial charge < -0.3 is 10.3 Å². The number of hydrogen-bond donors (Lipinski definition) is 2. The number of anilines is 1. The summed E-state index contributed by atoms with van der Waals surface area (Å²) in [6.07, 6.45) is 0. The van der Waals surface area contributed by atoms with Gasteiger partial charge in [-0.05, 0) is 30.0 Å². The van der Waals surface area contributed by atoms with E-state index in [4.69, 9.17) is 0 Å². The Bertz CT molecular complexity index is 719. The summed E-state index contributed by atoms with van der Waals surface area (Å²) < 4.78 is 0.952. The quantitative estimate of drug-likeness (QED) is 0.536. The molecular weight excluding hydrogens is 398 g/mol. The van der Waals surface area contributed by atoms with Gasteiger partial charge in [0, 0.05) is 22.0 Å². The topological polar surface area (TPSA) is 74.8 Å². The van der Waals surface area contributed by atoms with E-state index < -0.39 is 0 Å². The van der Waals surface area contributed by atoms with Crippen molar-refractivity contribution in [2.45, 2.75) is 17.8 Å². The third-order valence-corrected chi connectivity index (χ3v) is 5.01. The molecule has 5 nitrogen and oxygen atoms in total. The summed E-state index contributed by atoms with van der Waals surface area (Å²) in [5.41, 5.74) is 1.27. The fourth-order valence-corrected chi connectivity index (χ4v) is 3.22. The van der Waals surface area contributed by atoms with Gasteiger partial charge in [0.2, 0.25) is 5.91 Å². The van der Waals surface area contributed by atoms with E-state index in [1.165, 1.54) is 17.8 Å². The molecule has 0 aliphatic heterocycles. The molecule has 0 aliphatic rings. The van der Waals surface area contributed by atoms with Crippen LogP contribution in [0.3, 0.4) is 0 Å². The maximum atomic E-state index is 11.9. The van der Waals surface area contributed by atoms with Gasteiger partial charge in [-0.2, -0.15) is 11.8 Å². The molecule has 8 heteroatoms. The van der Waals surface area contributed by atoms with Crippen LogP contribution in [0.5, 0.6) is 0 Å². The number of aromatic nitrogens is 2. The third kappa shape index (κ3) is 6.40. The molecule has 23 heavy (non-hydrogen) atoms. The number of rotatable bonds is 7. The molecule has 0 radical (unpaired) electrons. The fourth-order valence-electron chi connectivity index (χ4n) is 1.70. The van der Waals surface area contributed by atoms with Crippen LogP contribution in [0, 0.1) is 0 Å². The molecule has 1 aromatic heterocycles. The number of hydrogen-bond acceptors (Lipinski definition) is 5. The predicted octanol–water partition coefficient (Wildman–Crippen LogP) is 3.52. The number of aromatic amines is 1. The van der Waals surface area contributed by atoms with E-state index in [2.05, 4.69) is 38.1 Å². The number of amides is 1. The van der Waals surface area contributed by atoms with E-state index in [-0.39, 0.29) is 17.2 Å². The Kier molecular flexibility index (Phi) is 7.19. The first-order valence-electron chi connectivity index (χ1n) is 6.93. The minimum absolute atomic E-state index is 0.145. The molecule has 1 heterocycles. The molecule has 2 rings (SSSR count). The third-order valence-electron chi connectivity index (χ3n) is 2.70. The van der Waals surface area contributed by atoms with Crippen LogP contribution in [0.25, 0.3) is 0 Å². The van der Waals surface area contributed by atoms with Crippen molar-refractivity contribution in [3.8, 4) is 0 Å². The number of benzene rings is 1. The predicted molar refractivity (Wildman–Crippen MR) is 100 cm³/mol. The molecule has 0 fully saturated rings. The van der Waals surface area contributed by atoms with E-state index in [0.717, 1.165) is 21.6 Å². The molecule has 122 valence electrons. The summed E-state index contributed by atoms with van der Waals surface area (Å²) >= 11 is 6.26. The van der Waals surface area contributed by atoms with Crippen molar-refractivity contribution in [3.63, 3.8) is 0 Å². The van der Waals surface area contributed by atoms with Crippen LogP contribution in [0.2, 0.25) is 0 Å². The van der Waals surface area contributed by atoms with Crippen molar-refractivity contribution in [2.75, 3.05) is 16.8 Å². The number of nitrogens with one attached hydrogen (secondary N) is 2. The number of carbonyl (C=O) groups excluding carboxylic acids is 1. The number of nitrogens with zero attached hydrogens (tertiary/aromatic N) is 1. The summed E-state index contributed by atoms with van der Waals surface area (Å²) in [6.45, 7) is 2.06. The Morgan fingerprint density at radius 1 is 1.35 bits per heavy atom. The summed E-state index contributed by atoms with van der Waals surface area (Å²) in [5.74, 6) is 1.70. The molecule has 0 saturated carbocycles. The van der Waals surface area contributed by atoms with E-state index >= 15 is 0 Å². The van der Waals surface area contributed by atoms with Crippen LogP contribution in [0.4, 0.5) is 5.69 Å². The van der Waals surface area contributed by atoms with E-state index in [0.29, 0.717) is 10.9 Å². The van der Waals surface area contributed by atoms with Crippen molar-refractivity contribution < 1.29 is 4.79 Å². The molecular formula is C15H16BrN3O2S2. The van der Waals surface area contributed by atoms with Gasteiger partial charge in [-0.25, -0.2) is 4.98 Å². The lowest BCUT2D eigenvalue weighted by atomic mass is 10.3. The Morgan fingerprint density at radius 3 is 2.78 bits per heavy atom. The lowest BCUT2D eigenvalue weighted by Crippen LogP contribution is -2.15. The smallest absolute Gasteiger partial charge is 0.251 e. The minimum Gasteiger partial charge on any atom is -0.325 e. The van der Waals surface area contributed by atoms with Gasteiger partial charge in [0.1, 0.15) is 0 Å². The first-order chi connectivity index (χ1) is 11.1. The lowest BCUT2D eigenvalue weighted by Gasteiger charge is -2.06. The average Bonchev–Trinajstić information content (AvgIpc) is 2.53. The van der Waals surface area contributed by atoms with Crippen LogP contribution in [0.15, 0.2) is 44.8 Å². The van der Waals surface area contributed by atoms with Gasteiger partial charge in [0.25, 0.3) is 5.56 Å². The molecule has 0 spiro atoms. The van der Waals surface area contributed by atoms with Crippen LogP contribution in [0.1, 0.15) is 12.6 Å². The van der Waals surface area contributed by atoms with E-state index in [1.807, 2.05) is 24.3 Å². The van der Waals surface area contributed by atoms with Gasteiger partial charge in [-0.3, -0.25) is 9.59 Å². The molecule has 0 atom stereocenters. The molecule has 1 amide bonds.